The molecule has 0 saturated carbocycles. The first-order valence-corrected chi connectivity index (χ1v) is 8.37. The second kappa shape index (κ2) is 7.75. The molecule has 1 amide bonds. The zero-order valence-corrected chi connectivity index (χ0v) is 14.6. The van der Waals surface area contributed by atoms with Crippen molar-refractivity contribution in [1.82, 2.24) is 20.1 Å². The molecule has 0 saturated heterocycles. The van der Waals surface area contributed by atoms with Gasteiger partial charge in [-0.05, 0) is 42.2 Å². The van der Waals surface area contributed by atoms with Gasteiger partial charge < -0.3 is 5.32 Å². The average molecular weight is 334 g/mol. The molecular weight excluding hydrogens is 312 g/mol. The number of aromatic nitrogens is 3. The van der Waals surface area contributed by atoms with Gasteiger partial charge in [0.25, 0.3) is 0 Å². The largest absolute Gasteiger partial charge is 0.352 e. The van der Waals surface area contributed by atoms with Crippen LogP contribution >= 0.6 is 0 Å². The molecule has 1 N–H and O–H groups in total. The van der Waals surface area contributed by atoms with Crippen LogP contribution in [-0.4, -0.2) is 20.7 Å². The zero-order chi connectivity index (χ0) is 17.6. The van der Waals surface area contributed by atoms with Crippen LogP contribution in [0.25, 0.3) is 11.3 Å². The Balaban J connectivity index is 1.56. The Bertz CT molecular complexity index is 869. The number of nitrogens with one attached hydrogen (secondary N) is 1. The fraction of sp³-hybridized carbons (Fsp3) is 0.250. The normalized spacial score (nSPS) is 10.6. The summed E-state index contributed by atoms with van der Waals surface area (Å²) in [7, 11) is 1.90. The van der Waals surface area contributed by atoms with Crippen molar-refractivity contribution >= 4 is 5.91 Å². The molecule has 0 unspecified atom stereocenters. The molecule has 5 nitrogen and oxygen atoms in total. The van der Waals surface area contributed by atoms with E-state index in [1.165, 1.54) is 11.1 Å². The Morgan fingerprint density at radius 3 is 2.80 bits per heavy atom. The molecule has 0 bridgehead atoms. The minimum absolute atomic E-state index is 0.0502. The van der Waals surface area contributed by atoms with Crippen molar-refractivity contribution in [2.24, 2.45) is 7.05 Å². The highest BCUT2D eigenvalue weighted by molar-refractivity contribution is 5.76. The number of pyridine rings is 1. The van der Waals surface area contributed by atoms with Crippen molar-refractivity contribution in [1.29, 1.82) is 0 Å². The summed E-state index contributed by atoms with van der Waals surface area (Å²) < 4.78 is 1.81. The highest BCUT2D eigenvalue weighted by Gasteiger charge is 2.07. The van der Waals surface area contributed by atoms with Crippen LogP contribution in [-0.2, 0) is 24.8 Å². The van der Waals surface area contributed by atoms with E-state index < -0.39 is 0 Å². The predicted molar refractivity (Wildman–Crippen MR) is 97.8 cm³/mol. The number of benzene rings is 1. The summed E-state index contributed by atoms with van der Waals surface area (Å²) in [6.07, 6.45) is 6.59. The van der Waals surface area contributed by atoms with Gasteiger partial charge in [-0.1, -0.05) is 24.3 Å². The number of hydrogen-bond donors (Lipinski definition) is 1. The van der Waals surface area contributed by atoms with E-state index in [9.17, 15) is 4.79 Å². The van der Waals surface area contributed by atoms with Gasteiger partial charge in [0.05, 0.1) is 5.69 Å². The van der Waals surface area contributed by atoms with Gasteiger partial charge in [0, 0.05) is 44.2 Å². The van der Waals surface area contributed by atoms with E-state index in [2.05, 4.69) is 34.5 Å². The molecule has 0 radical (unpaired) electrons. The first-order valence-electron chi connectivity index (χ1n) is 8.37. The summed E-state index contributed by atoms with van der Waals surface area (Å²) in [6.45, 7) is 2.55. The average Bonchev–Trinajstić information content (AvgIpc) is 3.05. The minimum Gasteiger partial charge on any atom is -0.352 e. The van der Waals surface area contributed by atoms with Gasteiger partial charge in [-0.15, -0.1) is 0 Å². The molecule has 1 aromatic carbocycles. The number of carbonyl (C=O) groups excluding carboxylic acids is 1. The van der Waals surface area contributed by atoms with Crippen LogP contribution in [0.2, 0.25) is 0 Å². The summed E-state index contributed by atoms with van der Waals surface area (Å²) in [4.78, 5) is 16.4. The SMILES string of the molecule is Cc1ccccc1CCC(=O)NCc1cncc(-c2ccnn2C)c1. The van der Waals surface area contributed by atoms with Crippen LogP contribution < -0.4 is 5.32 Å². The molecule has 0 atom stereocenters. The lowest BCUT2D eigenvalue weighted by molar-refractivity contribution is -0.121. The predicted octanol–water partition coefficient (Wildman–Crippen LogP) is 3.04. The molecule has 0 aliphatic rings. The molecule has 2 heterocycles. The molecule has 128 valence electrons. The van der Waals surface area contributed by atoms with E-state index in [0.717, 1.165) is 23.2 Å². The Labute approximate surface area is 147 Å². The molecule has 0 spiro atoms. The first-order chi connectivity index (χ1) is 12.1. The molecule has 0 fully saturated rings. The smallest absolute Gasteiger partial charge is 0.220 e. The van der Waals surface area contributed by atoms with Gasteiger partial charge in [0.1, 0.15) is 0 Å². The third kappa shape index (κ3) is 4.32. The molecule has 0 aliphatic heterocycles. The summed E-state index contributed by atoms with van der Waals surface area (Å²) in [6, 6.07) is 12.1. The molecule has 3 aromatic rings. The Hall–Kier alpha value is -2.95. The van der Waals surface area contributed by atoms with Gasteiger partial charge in [-0.3, -0.25) is 14.5 Å². The van der Waals surface area contributed by atoms with E-state index in [1.54, 1.807) is 18.6 Å². The lowest BCUT2D eigenvalue weighted by Gasteiger charge is -2.08. The van der Waals surface area contributed by atoms with Gasteiger partial charge >= 0.3 is 0 Å². The van der Waals surface area contributed by atoms with Gasteiger partial charge in [-0.25, -0.2) is 0 Å². The molecule has 0 aliphatic carbocycles. The maximum absolute atomic E-state index is 12.1. The van der Waals surface area contributed by atoms with Crippen LogP contribution in [0.4, 0.5) is 0 Å². The second-order valence-electron chi connectivity index (χ2n) is 6.13. The van der Waals surface area contributed by atoms with E-state index in [-0.39, 0.29) is 5.91 Å². The van der Waals surface area contributed by atoms with Crippen molar-refractivity contribution in [2.45, 2.75) is 26.3 Å². The van der Waals surface area contributed by atoms with Crippen molar-refractivity contribution in [3.63, 3.8) is 0 Å². The molecular formula is C20H22N4O. The molecule has 5 heteroatoms. The van der Waals surface area contributed by atoms with Crippen LogP contribution in [0.3, 0.4) is 0 Å². The summed E-state index contributed by atoms with van der Waals surface area (Å²) >= 11 is 0. The molecule has 2 aromatic heterocycles. The molecule has 25 heavy (non-hydrogen) atoms. The number of carbonyl (C=O) groups is 1. The van der Waals surface area contributed by atoms with Crippen molar-refractivity contribution in [3.8, 4) is 11.3 Å². The number of nitrogens with zero attached hydrogens (tertiary/aromatic N) is 3. The van der Waals surface area contributed by atoms with Crippen LogP contribution in [0.1, 0.15) is 23.1 Å². The number of amides is 1. The monoisotopic (exact) mass is 334 g/mol. The van der Waals surface area contributed by atoms with E-state index in [4.69, 9.17) is 0 Å². The van der Waals surface area contributed by atoms with Gasteiger partial charge in [0.2, 0.25) is 5.91 Å². The maximum atomic E-state index is 12.1. The van der Waals surface area contributed by atoms with Crippen LogP contribution in [0.5, 0.6) is 0 Å². The van der Waals surface area contributed by atoms with Gasteiger partial charge in [0.15, 0.2) is 0 Å². The van der Waals surface area contributed by atoms with Crippen LogP contribution in [0, 0.1) is 6.92 Å². The van der Waals surface area contributed by atoms with E-state index in [0.29, 0.717) is 13.0 Å². The third-order valence-corrected chi connectivity index (χ3v) is 4.28. The van der Waals surface area contributed by atoms with Crippen molar-refractivity contribution in [2.75, 3.05) is 0 Å². The van der Waals surface area contributed by atoms with Gasteiger partial charge in [-0.2, -0.15) is 5.10 Å². The fourth-order valence-corrected chi connectivity index (χ4v) is 2.81. The highest BCUT2D eigenvalue weighted by atomic mass is 16.1. The third-order valence-electron chi connectivity index (χ3n) is 4.28. The Morgan fingerprint density at radius 1 is 1.20 bits per heavy atom. The minimum atomic E-state index is 0.0502. The second-order valence-corrected chi connectivity index (χ2v) is 6.13. The summed E-state index contributed by atoms with van der Waals surface area (Å²) in [5.74, 6) is 0.0502. The fourth-order valence-electron chi connectivity index (χ4n) is 2.81. The number of aryl methyl sites for hydroxylation is 3. The zero-order valence-electron chi connectivity index (χ0n) is 14.6. The van der Waals surface area contributed by atoms with Crippen molar-refractivity contribution < 1.29 is 4.79 Å². The van der Waals surface area contributed by atoms with E-state index in [1.807, 2.05) is 36.0 Å². The lowest BCUT2D eigenvalue weighted by atomic mass is 10.0. The first kappa shape index (κ1) is 16.9. The summed E-state index contributed by atoms with van der Waals surface area (Å²) in [5.41, 5.74) is 5.41. The number of rotatable bonds is 6. The van der Waals surface area contributed by atoms with Crippen molar-refractivity contribution in [3.05, 3.63) is 71.7 Å². The highest BCUT2D eigenvalue weighted by Crippen LogP contribution is 2.18. The molecule has 3 rings (SSSR count). The lowest BCUT2D eigenvalue weighted by Crippen LogP contribution is -2.23. The topological polar surface area (TPSA) is 59.8 Å². The quantitative estimate of drug-likeness (QED) is 0.754. The standard InChI is InChI=1S/C20H22N4O/c1-15-5-3-4-6-17(15)7-8-20(25)22-13-16-11-18(14-21-12-16)19-9-10-23-24(19)2/h3-6,9-12,14H,7-8,13H2,1-2H3,(H,22,25). The summed E-state index contributed by atoms with van der Waals surface area (Å²) in [5, 5.41) is 7.15. The van der Waals surface area contributed by atoms with E-state index >= 15 is 0 Å². The Kier molecular flexibility index (Phi) is 5.23. The Morgan fingerprint density at radius 2 is 2.04 bits per heavy atom. The van der Waals surface area contributed by atoms with Crippen LogP contribution in [0.15, 0.2) is 55.0 Å². The number of hydrogen-bond acceptors (Lipinski definition) is 3. The maximum Gasteiger partial charge on any atom is 0.220 e.